The van der Waals surface area contributed by atoms with Crippen LogP contribution in [0, 0.1) is 0 Å². The van der Waals surface area contributed by atoms with Gasteiger partial charge in [-0.15, -0.1) is 0 Å². The quantitative estimate of drug-likeness (QED) is 0.790. The van der Waals surface area contributed by atoms with Crippen molar-refractivity contribution in [2.75, 3.05) is 29.5 Å². The summed E-state index contributed by atoms with van der Waals surface area (Å²) in [6.45, 7) is 5.72. The van der Waals surface area contributed by atoms with E-state index in [1.54, 1.807) is 6.92 Å². The molecule has 0 radical (unpaired) electrons. The lowest BCUT2D eigenvalue weighted by Gasteiger charge is -2.24. The maximum absolute atomic E-state index is 11.6. The third-order valence-corrected chi connectivity index (χ3v) is 4.83. The second-order valence-electron chi connectivity index (χ2n) is 4.59. The molecule has 0 aromatic heterocycles. The van der Waals surface area contributed by atoms with E-state index in [0.717, 1.165) is 24.2 Å². The number of nitrogens with two attached hydrogens (primary N) is 1. The number of anilines is 1. The fourth-order valence-electron chi connectivity index (χ4n) is 1.88. The average molecular weight is 284 g/mol. The van der Waals surface area contributed by atoms with Gasteiger partial charge in [-0.2, -0.15) is 0 Å². The van der Waals surface area contributed by atoms with Crippen LogP contribution in [0.15, 0.2) is 24.3 Å². The van der Waals surface area contributed by atoms with Crippen molar-refractivity contribution in [3.05, 3.63) is 29.8 Å². The van der Waals surface area contributed by atoms with Gasteiger partial charge >= 0.3 is 0 Å². The van der Waals surface area contributed by atoms with Crippen LogP contribution >= 0.6 is 0 Å². The third-order valence-electron chi connectivity index (χ3n) is 3.14. The molecule has 0 heterocycles. The molecule has 1 aromatic rings. The molecule has 0 amide bonds. The Balaban J connectivity index is 2.75. The second-order valence-corrected chi connectivity index (χ2v) is 7.07. The molecular weight excluding hydrogens is 260 g/mol. The summed E-state index contributed by atoms with van der Waals surface area (Å²) in [6, 6.07) is 8.01. The molecule has 0 unspecified atom stereocenters. The average Bonchev–Trinajstić information content (AvgIpc) is 2.43. The Morgan fingerprint density at radius 3 is 2.21 bits per heavy atom. The molecule has 0 saturated heterocycles. The molecule has 19 heavy (non-hydrogen) atoms. The topological polar surface area (TPSA) is 63.4 Å². The standard InChI is InChI=1S/C14H24N2O2S/c1-3-9-16(10-11-19(17,18)4-2)14-7-5-13(12-15)6-8-14/h5-8H,3-4,9-12,15H2,1-2H3. The van der Waals surface area contributed by atoms with Gasteiger partial charge in [-0.25, -0.2) is 8.42 Å². The van der Waals surface area contributed by atoms with Crippen molar-refractivity contribution < 1.29 is 8.42 Å². The SMILES string of the molecule is CCCN(CCS(=O)(=O)CC)c1ccc(CN)cc1. The van der Waals surface area contributed by atoms with Crippen LogP contribution in [0.4, 0.5) is 5.69 Å². The molecule has 0 aliphatic rings. The second kappa shape index (κ2) is 7.50. The van der Waals surface area contributed by atoms with E-state index in [1.165, 1.54) is 0 Å². The Morgan fingerprint density at radius 1 is 1.11 bits per heavy atom. The van der Waals surface area contributed by atoms with Crippen molar-refractivity contribution in [2.24, 2.45) is 5.73 Å². The first-order chi connectivity index (χ1) is 9.02. The molecule has 1 aromatic carbocycles. The van der Waals surface area contributed by atoms with E-state index in [-0.39, 0.29) is 11.5 Å². The monoisotopic (exact) mass is 284 g/mol. The zero-order valence-electron chi connectivity index (χ0n) is 11.8. The van der Waals surface area contributed by atoms with Crippen LogP contribution in [0.3, 0.4) is 0 Å². The van der Waals surface area contributed by atoms with E-state index in [2.05, 4.69) is 11.8 Å². The van der Waals surface area contributed by atoms with Crippen molar-refractivity contribution in [2.45, 2.75) is 26.8 Å². The summed E-state index contributed by atoms with van der Waals surface area (Å²) in [5.74, 6) is 0.418. The minimum absolute atomic E-state index is 0.207. The Morgan fingerprint density at radius 2 is 1.74 bits per heavy atom. The largest absolute Gasteiger partial charge is 0.371 e. The molecule has 0 bridgehead atoms. The van der Waals surface area contributed by atoms with Crippen LogP contribution in [0.25, 0.3) is 0 Å². The zero-order valence-corrected chi connectivity index (χ0v) is 12.6. The van der Waals surface area contributed by atoms with Gasteiger partial charge in [0.05, 0.1) is 5.75 Å². The lowest BCUT2D eigenvalue weighted by atomic mass is 10.2. The van der Waals surface area contributed by atoms with Crippen LogP contribution in [0.1, 0.15) is 25.8 Å². The summed E-state index contributed by atoms with van der Waals surface area (Å²) in [6.07, 6.45) is 0.991. The van der Waals surface area contributed by atoms with E-state index >= 15 is 0 Å². The van der Waals surface area contributed by atoms with Crippen molar-refractivity contribution in [3.8, 4) is 0 Å². The summed E-state index contributed by atoms with van der Waals surface area (Å²) in [5.41, 5.74) is 7.72. The number of nitrogens with zero attached hydrogens (tertiary/aromatic N) is 1. The molecule has 0 aliphatic heterocycles. The first kappa shape index (κ1) is 16.0. The van der Waals surface area contributed by atoms with Crippen LogP contribution in [-0.2, 0) is 16.4 Å². The fraction of sp³-hybridized carbons (Fsp3) is 0.571. The predicted octanol–water partition coefficient (Wildman–Crippen LogP) is 1.80. The van der Waals surface area contributed by atoms with Crippen LogP contribution in [-0.4, -0.2) is 33.0 Å². The Bertz CT molecular complexity index is 469. The van der Waals surface area contributed by atoms with E-state index in [0.29, 0.717) is 13.1 Å². The highest BCUT2D eigenvalue weighted by Gasteiger charge is 2.12. The molecule has 4 nitrogen and oxygen atoms in total. The Hall–Kier alpha value is -1.07. The van der Waals surface area contributed by atoms with Crippen molar-refractivity contribution in [3.63, 3.8) is 0 Å². The predicted molar refractivity (Wildman–Crippen MR) is 81.2 cm³/mol. The van der Waals surface area contributed by atoms with Gasteiger partial charge in [-0.05, 0) is 24.1 Å². The maximum Gasteiger partial charge on any atom is 0.151 e. The molecule has 0 fully saturated rings. The van der Waals surface area contributed by atoms with E-state index in [9.17, 15) is 8.42 Å². The molecule has 2 N–H and O–H groups in total. The van der Waals surface area contributed by atoms with Gasteiger partial charge in [0, 0.05) is 31.1 Å². The van der Waals surface area contributed by atoms with Gasteiger partial charge in [0.15, 0.2) is 9.84 Å². The van der Waals surface area contributed by atoms with Gasteiger partial charge in [0.1, 0.15) is 0 Å². The van der Waals surface area contributed by atoms with E-state index in [1.807, 2.05) is 24.3 Å². The highest BCUT2D eigenvalue weighted by Crippen LogP contribution is 2.15. The van der Waals surface area contributed by atoms with E-state index < -0.39 is 9.84 Å². The smallest absolute Gasteiger partial charge is 0.151 e. The lowest BCUT2D eigenvalue weighted by Crippen LogP contribution is -2.30. The molecule has 5 heteroatoms. The highest BCUT2D eigenvalue weighted by atomic mass is 32.2. The molecule has 1 rings (SSSR count). The number of sulfone groups is 1. The summed E-state index contributed by atoms with van der Waals surface area (Å²) >= 11 is 0. The molecule has 108 valence electrons. The van der Waals surface area contributed by atoms with Gasteiger partial charge < -0.3 is 10.6 Å². The summed E-state index contributed by atoms with van der Waals surface area (Å²) in [5, 5.41) is 0. The number of hydrogen-bond acceptors (Lipinski definition) is 4. The molecule has 0 atom stereocenters. The van der Waals surface area contributed by atoms with Crippen molar-refractivity contribution in [1.82, 2.24) is 0 Å². The van der Waals surface area contributed by atoms with Gasteiger partial charge in [0.2, 0.25) is 0 Å². The molecular formula is C14H24N2O2S. The summed E-state index contributed by atoms with van der Waals surface area (Å²) < 4.78 is 23.2. The van der Waals surface area contributed by atoms with Gasteiger partial charge in [-0.1, -0.05) is 26.0 Å². The molecule has 0 aliphatic carbocycles. The number of benzene rings is 1. The number of rotatable bonds is 8. The van der Waals surface area contributed by atoms with Crippen molar-refractivity contribution in [1.29, 1.82) is 0 Å². The minimum Gasteiger partial charge on any atom is -0.371 e. The van der Waals surface area contributed by atoms with Crippen LogP contribution < -0.4 is 10.6 Å². The van der Waals surface area contributed by atoms with E-state index in [4.69, 9.17) is 5.73 Å². The molecule has 0 saturated carbocycles. The summed E-state index contributed by atoms with van der Waals surface area (Å²) in [7, 11) is -2.92. The van der Waals surface area contributed by atoms with Crippen LogP contribution in [0.5, 0.6) is 0 Å². The van der Waals surface area contributed by atoms with Gasteiger partial charge in [-0.3, -0.25) is 0 Å². The normalized spacial score (nSPS) is 11.5. The highest BCUT2D eigenvalue weighted by molar-refractivity contribution is 7.91. The minimum atomic E-state index is -2.92. The van der Waals surface area contributed by atoms with Gasteiger partial charge in [0.25, 0.3) is 0 Å². The van der Waals surface area contributed by atoms with Crippen molar-refractivity contribution >= 4 is 15.5 Å². The molecule has 0 spiro atoms. The zero-order chi connectivity index (χ0) is 14.3. The fourth-order valence-corrected chi connectivity index (χ4v) is 2.66. The van der Waals surface area contributed by atoms with Crippen LogP contribution in [0.2, 0.25) is 0 Å². The maximum atomic E-state index is 11.6. The third kappa shape index (κ3) is 5.20. The number of hydrogen-bond donors (Lipinski definition) is 1. The summed E-state index contributed by atoms with van der Waals surface area (Å²) in [4.78, 5) is 2.12. The first-order valence-corrected chi connectivity index (χ1v) is 8.59. The lowest BCUT2D eigenvalue weighted by molar-refractivity contribution is 0.595. The Kier molecular flexibility index (Phi) is 6.31. The first-order valence-electron chi connectivity index (χ1n) is 6.76. The Labute approximate surface area is 116 Å².